The number of nitrogens with zero attached hydrogens (tertiary/aromatic N) is 3. The molecule has 118 valence electrons. The second-order valence-electron chi connectivity index (χ2n) is 6.11. The van der Waals surface area contributed by atoms with Gasteiger partial charge in [0.25, 0.3) is 0 Å². The van der Waals surface area contributed by atoms with Crippen molar-refractivity contribution < 1.29 is 9.53 Å². The Hall–Kier alpha value is -1.75. The molecular weight excluding hydrogens is 278 g/mol. The molecule has 0 saturated carbocycles. The summed E-state index contributed by atoms with van der Waals surface area (Å²) in [6, 6.07) is 1.79. The SMILES string of the molecule is O=C(/C=C/c1ccncn1)N1CCC(C2CCCOC2)CC1. The molecule has 1 amide bonds. The van der Waals surface area contributed by atoms with Crippen LogP contribution >= 0.6 is 0 Å². The quantitative estimate of drug-likeness (QED) is 0.803. The lowest BCUT2D eigenvalue weighted by atomic mass is 9.81. The molecule has 0 radical (unpaired) electrons. The highest BCUT2D eigenvalue weighted by Gasteiger charge is 2.29. The lowest BCUT2D eigenvalue weighted by Gasteiger charge is -2.37. The van der Waals surface area contributed by atoms with Gasteiger partial charge in [-0.05, 0) is 49.7 Å². The third kappa shape index (κ3) is 3.91. The highest BCUT2D eigenvalue weighted by Crippen LogP contribution is 2.30. The van der Waals surface area contributed by atoms with Crippen LogP contribution in [0.5, 0.6) is 0 Å². The summed E-state index contributed by atoms with van der Waals surface area (Å²) in [6.07, 6.45) is 11.2. The van der Waals surface area contributed by atoms with Gasteiger partial charge in [-0.3, -0.25) is 4.79 Å². The standard InChI is InChI=1S/C17H23N3O2/c21-17(4-3-16-5-8-18-13-19-16)20-9-6-14(7-10-20)15-2-1-11-22-12-15/h3-5,8,13-15H,1-2,6-7,9-12H2/b4-3+. The lowest BCUT2D eigenvalue weighted by Crippen LogP contribution is -2.40. The van der Waals surface area contributed by atoms with E-state index in [1.807, 2.05) is 4.90 Å². The fourth-order valence-corrected chi connectivity index (χ4v) is 3.39. The second kappa shape index (κ2) is 7.49. The van der Waals surface area contributed by atoms with Gasteiger partial charge in [-0.2, -0.15) is 0 Å². The zero-order chi connectivity index (χ0) is 15.2. The van der Waals surface area contributed by atoms with E-state index in [2.05, 4.69) is 9.97 Å². The molecular formula is C17H23N3O2. The number of hydrogen-bond donors (Lipinski definition) is 0. The third-order valence-electron chi connectivity index (χ3n) is 4.71. The van der Waals surface area contributed by atoms with E-state index in [4.69, 9.17) is 4.74 Å². The molecule has 2 aliphatic rings. The van der Waals surface area contributed by atoms with E-state index in [-0.39, 0.29) is 5.91 Å². The first-order valence-electron chi connectivity index (χ1n) is 8.13. The van der Waals surface area contributed by atoms with Crippen molar-refractivity contribution in [1.29, 1.82) is 0 Å². The van der Waals surface area contributed by atoms with Gasteiger partial charge in [-0.25, -0.2) is 9.97 Å². The number of hydrogen-bond acceptors (Lipinski definition) is 4. The number of amides is 1. The minimum Gasteiger partial charge on any atom is -0.381 e. The first kappa shape index (κ1) is 15.2. The maximum absolute atomic E-state index is 12.2. The van der Waals surface area contributed by atoms with Crippen LogP contribution in [0.2, 0.25) is 0 Å². The summed E-state index contributed by atoms with van der Waals surface area (Å²) in [7, 11) is 0. The molecule has 2 fully saturated rings. The Morgan fingerprint density at radius 1 is 1.27 bits per heavy atom. The van der Waals surface area contributed by atoms with Gasteiger partial charge in [0.15, 0.2) is 0 Å². The molecule has 0 aliphatic carbocycles. The number of carbonyl (C=O) groups excluding carboxylic acids is 1. The van der Waals surface area contributed by atoms with Gasteiger partial charge in [0, 0.05) is 38.6 Å². The van der Waals surface area contributed by atoms with Gasteiger partial charge in [0.05, 0.1) is 5.69 Å². The Labute approximate surface area is 131 Å². The van der Waals surface area contributed by atoms with E-state index >= 15 is 0 Å². The molecule has 0 spiro atoms. The monoisotopic (exact) mass is 301 g/mol. The molecule has 5 nitrogen and oxygen atoms in total. The Kier molecular flexibility index (Phi) is 5.16. The van der Waals surface area contributed by atoms with Crippen LogP contribution in [0.1, 0.15) is 31.4 Å². The van der Waals surface area contributed by atoms with E-state index in [0.717, 1.165) is 50.8 Å². The molecule has 3 rings (SSSR count). The van der Waals surface area contributed by atoms with Crippen molar-refractivity contribution in [2.45, 2.75) is 25.7 Å². The van der Waals surface area contributed by atoms with Crippen LogP contribution < -0.4 is 0 Å². The zero-order valence-electron chi connectivity index (χ0n) is 12.9. The summed E-state index contributed by atoms with van der Waals surface area (Å²) in [5, 5.41) is 0. The summed E-state index contributed by atoms with van der Waals surface area (Å²) in [5.41, 5.74) is 0.762. The number of piperidine rings is 1. The van der Waals surface area contributed by atoms with Gasteiger partial charge in [0.2, 0.25) is 5.91 Å². The van der Waals surface area contributed by atoms with E-state index in [1.165, 1.54) is 19.2 Å². The first-order valence-corrected chi connectivity index (χ1v) is 8.13. The zero-order valence-corrected chi connectivity index (χ0v) is 12.9. The number of rotatable bonds is 3. The summed E-state index contributed by atoms with van der Waals surface area (Å²) >= 11 is 0. The molecule has 22 heavy (non-hydrogen) atoms. The fourth-order valence-electron chi connectivity index (χ4n) is 3.39. The van der Waals surface area contributed by atoms with Crippen LogP contribution in [0.3, 0.4) is 0 Å². The topological polar surface area (TPSA) is 55.3 Å². The number of likely N-dealkylation sites (tertiary alicyclic amines) is 1. The third-order valence-corrected chi connectivity index (χ3v) is 4.71. The molecule has 0 bridgehead atoms. The summed E-state index contributed by atoms with van der Waals surface area (Å²) in [4.78, 5) is 22.1. The normalized spacial score (nSPS) is 23.8. The van der Waals surface area contributed by atoms with E-state index in [1.54, 1.807) is 24.4 Å². The molecule has 5 heteroatoms. The molecule has 1 unspecified atom stereocenters. The van der Waals surface area contributed by atoms with Gasteiger partial charge >= 0.3 is 0 Å². The smallest absolute Gasteiger partial charge is 0.246 e. The molecule has 0 aromatic carbocycles. The van der Waals surface area contributed by atoms with E-state index in [0.29, 0.717) is 5.92 Å². The average Bonchev–Trinajstić information content (AvgIpc) is 2.61. The molecule has 1 atom stereocenters. The van der Waals surface area contributed by atoms with Crippen molar-refractivity contribution in [1.82, 2.24) is 14.9 Å². The Balaban J connectivity index is 1.48. The van der Waals surface area contributed by atoms with Crippen LogP contribution in [0, 0.1) is 11.8 Å². The predicted octanol–water partition coefficient (Wildman–Crippen LogP) is 2.16. The molecule has 1 aromatic heterocycles. The van der Waals surface area contributed by atoms with Crippen LogP contribution in [0.4, 0.5) is 0 Å². The van der Waals surface area contributed by atoms with Gasteiger partial charge in [-0.15, -0.1) is 0 Å². The van der Waals surface area contributed by atoms with Crippen molar-refractivity contribution in [3.8, 4) is 0 Å². The molecule has 3 heterocycles. The first-order chi connectivity index (χ1) is 10.8. The lowest BCUT2D eigenvalue weighted by molar-refractivity contribution is -0.127. The largest absolute Gasteiger partial charge is 0.381 e. The van der Waals surface area contributed by atoms with Gasteiger partial charge in [-0.1, -0.05) is 0 Å². The minimum atomic E-state index is 0.0805. The van der Waals surface area contributed by atoms with Crippen molar-refractivity contribution >= 4 is 12.0 Å². The minimum absolute atomic E-state index is 0.0805. The highest BCUT2D eigenvalue weighted by atomic mass is 16.5. The fraction of sp³-hybridized carbons (Fsp3) is 0.588. The maximum Gasteiger partial charge on any atom is 0.246 e. The summed E-state index contributed by atoms with van der Waals surface area (Å²) < 4.78 is 5.59. The van der Waals surface area contributed by atoms with Crippen molar-refractivity contribution in [2.24, 2.45) is 11.8 Å². The molecule has 2 aliphatic heterocycles. The van der Waals surface area contributed by atoms with Gasteiger partial charge < -0.3 is 9.64 Å². The average molecular weight is 301 g/mol. The Bertz CT molecular complexity index is 504. The molecule has 0 N–H and O–H groups in total. The molecule has 2 saturated heterocycles. The van der Waals surface area contributed by atoms with E-state index < -0.39 is 0 Å². The highest BCUT2D eigenvalue weighted by molar-refractivity contribution is 5.91. The van der Waals surface area contributed by atoms with Crippen LogP contribution in [0.15, 0.2) is 24.7 Å². The van der Waals surface area contributed by atoms with Crippen LogP contribution in [-0.2, 0) is 9.53 Å². The number of aromatic nitrogens is 2. The van der Waals surface area contributed by atoms with Crippen molar-refractivity contribution in [3.63, 3.8) is 0 Å². The summed E-state index contributed by atoms with van der Waals surface area (Å²) in [6.45, 7) is 3.54. The summed E-state index contributed by atoms with van der Waals surface area (Å²) in [5.74, 6) is 1.50. The van der Waals surface area contributed by atoms with Gasteiger partial charge in [0.1, 0.15) is 6.33 Å². The van der Waals surface area contributed by atoms with Crippen molar-refractivity contribution in [3.05, 3.63) is 30.4 Å². The Morgan fingerprint density at radius 3 is 2.82 bits per heavy atom. The predicted molar refractivity (Wildman–Crippen MR) is 83.9 cm³/mol. The van der Waals surface area contributed by atoms with Crippen molar-refractivity contribution in [2.75, 3.05) is 26.3 Å². The van der Waals surface area contributed by atoms with E-state index in [9.17, 15) is 4.79 Å². The van der Waals surface area contributed by atoms with Crippen LogP contribution in [-0.4, -0.2) is 47.1 Å². The number of carbonyl (C=O) groups is 1. The number of ether oxygens (including phenoxy) is 1. The Morgan fingerprint density at radius 2 is 2.14 bits per heavy atom. The molecule has 1 aromatic rings. The van der Waals surface area contributed by atoms with Crippen LogP contribution in [0.25, 0.3) is 6.08 Å². The maximum atomic E-state index is 12.2. The second-order valence-corrected chi connectivity index (χ2v) is 6.11.